The van der Waals surface area contributed by atoms with Crippen LogP contribution in [0.25, 0.3) is 0 Å². The number of carbonyl (C=O) groups is 1. The van der Waals surface area contributed by atoms with E-state index in [9.17, 15) is 9.90 Å². The third-order valence-corrected chi connectivity index (χ3v) is 3.94. The highest BCUT2D eigenvalue weighted by molar-refractivity contribution is 5.90. The summed E-state index contributed by atoms with van der Waals surface area (Å²) >= 11 is 0. The van der Waals surface area contributed by atoms with Crippen LogP contribution in [0.5, 0.6) is 5.75 Å². The molecule has 0 radical (unpaired) electrons. The molecule has 5 nitrogen and oxygen atoms in total. The Morgan fingerprint density at radius 2 is 2.14 bits per heavy atom. The van der Waals surface area contributed by atoms with Crippen molar-refractivity contribution in [3.05, 3.63) is 58.4 Å². The summed E-state index contributed by atoms with van der Waals surface area (Å²) in [6, 6.07) is 9.29. The minimum absolute atomic E-state index is 0.393. The molecular formula is C17H18N2O3. The van der Waals surface area contributed by atoms with Gasteiger partial charge in [0.1, 0.15) is 5.75 Å². The zero-order chi connectivity index (χ0) is 15.7. The Kier molecular flexibility index (Phi) is 3.81. The van der Waals surface area contributed by atoms with E-state index in [-0.39, 0.29) is 0 Å². The number of carboxylic acids is 1. The van der Waals surface area contributed by atoms with E-state index in [1.807, 2.05) is 25.1 Å². The summed E-state index contributed by atoms with van der Waals surface area (Å²) in [7, 11) is 1.64. The first kappa shape index (κ1) is 14.5. The predicted molar refractivity (Wildman–Crippen MR) is 81.9 cm³/mol. The van der Waals surface area contributed by atoms with Gasteiger partial charge in [-0.2, -0.15) is 0 Å². The summed E-state index contributed by atoms with van der Waals surface area (Å²) in [6.07, 6.45) is 0. The predicted octanol–water partition coefficient (Wildman–Crippen LogP) is 2.61. The van der Waals surface area contributed by atoms with Gasteiger partial charge < -0.3 is 9.84 Å². The number of ether oxygens (including phenoxy) is 1. The minimum atomic E-state index is -0.870. The number of aromatic nitrogens is 1. The van der Waals surface area contributed by atoms with E-state index < -0.39 is 5.97 Å². The lowest BCUT2D eigenvalue weighted by Gasteiger charge is -2.16. The second kappa shape index (κ2) is 5.77. The number of methoxy groups -OCH3 is 1. The van der Waals surface area contributed by atoms with Crippen LogP contribution in [0.4, 0.5) is 0 Å². The van der Waals surface area contributed by atoms with Gasteiger partial charge in [0, 0.05) is 25.3 Å². The Bertz CT molecular complexity index is 728. The van der Waals surface area contributed by atoms with Crippen LogP contribution in [0.2, 0.25) is 0 Å². The molecule has 0 atom stereocenters. The van der Waals surface area contributed by atoms with Gasteiger partial charge in [0.15, 0.2) is 0 Å². The molecule has 0 bridgehead atoms. The van der Waals surface area contributed by atoms with Gasteiger partial charge in [-0.25, -0.2) is 4.79 Å². The molecule has 22 heavy (non-hydrogen) atoms. The van der Waals surface area contributed by atoms with E-state index >= 15 is 0 Å². The van der Waals surface area contributed by atoms with Gasteiger partial charge >= 0.3 is 5.97 Å². The first-order chi connectivity index (χ1) is 10.6. The summed E-state index contributed by atoms with van der Waals surface area (Å²) in [6.45, 7) is 3.94. The molecule has 0 spiro atoms. The molecular weight excluding hydrogens is 280 g/mol. The largest absolute Gasteiger partial charge is 0.495 e. The van der Waals surface area contributed by atoms with Crippen LogP contribution >= 0.6 is 0 Å². The van der Waals surface area contributed by atoms with E-state index in [1.54, 1.807) is 19.2 Å². The number of benzene rings is 1. The van der Waals surface area contributed by atoms with Gasteiger partial charge in [-0.05, 0) is 36.2 Å². The van der Waals surface area contributed by atoms with Crippen LogP contribution in [-0.2, 0) is 19.6 Å². The SMILES string of the molecule is COc1ccc(C)nc1CN1Cc2cccc(C(=O)O)c2C1. The first-order valence-electron chi connectivity index (χ1n) is 7.15. The molecule has 1 aliphatic heterocycles. The Labute approximate surface area is 129 Å². The van der Waals surface area contributed by atoms with Gasteiger partial charge in [0.25, 0.3) is 0 Å². The third kappa shape index (κ3) is 2.67. The van der Waals surface area contributed by atoms with Gasteiger partial charge in [0.2, 0.25) is 0 Å². The fourth-order valence-corrected chi connectivity index (χ4v) is 2.91. The maximum atomic E-state index is 11.3. The molecule has 2 heterocycles. The van der Waals surface area contributed by atoms with Crippen molar-refractivity contribution in [1.29, 1.82) is 0 Å². The van der Waals surface area contributed by atoms with Crippen molar-refractivity contribution in [3.63, 3.8) is 0 Å². The topological polar surface area (TPSA) is 62.7 Å². The summed E-state index contributed by atoms with van der Waals surface area (Å²) in [5.74, 6) is -0.107. The van der Waals surface area contributed by atoms with Crippen LogP contribution in [0, 0.1) is 6.92 Å². The van der Waals surface area contributed by atoms with E-state index in [2.05, 4.69) is 9.88 Å². The number of nitrogens with zero attached hydrogens (tertiary/aromatic N) is 2. The number of aryl methyl sites for hydroxylation is 1. The molecule has 1 aromatic carbocycles. The van der Waals surface area contributed by atoms with E-state index in [0.29, 0.717) is 18.7 Å². The van der Waals surface area contributed by atoms with Crippen LogP contribution in [-0.4, -0.2) is 28.1 Å². The zero-order valence-corrected chi connectivity index (χ0v) is 12.7. The number of rotatable bonds is 4. The molecule has 1 aromatic heterocycles. The number of fused-ring (bicyclic) bond motifs is 1. The summed E-state index contributed by atoms with van der Waals surface area (Å²) in [4.78, 5) is 18.0. The zero-order valence-electron chi connectivity index (χ0n) is 12.7. The van der Waals surface area contributed by atoms with Crippen molar-refractivity contribution in [3.8, 4) is 5.75 Å². The standard InChI is InChI=1S/C17H18N2O3/c1-11-6-7-16(22-2)15(18-11)10-19-8-12-4-3-5-13(17(20)21)14(12)9-19/h3-7H,8-10H2,1-2H3,(H,20,21). The maximum absolute atomic E-state index is 11.3. The molecule has 5 heteroatoms. The molecule has 0 aliphatic carbocycles. The smallest absolute Gasteiger partial charge is 0.336 e. The van der Waals surface area contributed by atoms with E-state index in [4.69, 9.17) is 4.74 Å². The lowest BCUT2D eigenvalue weighted by Crippen LogP contribution is -2.17. The van der Waals surface area contributed by atoms with Crippen LogP contribution in [0.3, 0.4) is 0 Å². The molecule has 114 valence electrons. The molecule has 3 rings (SSSR count). The number of hydrogen-bond donors (Lipinski definition) is 1. The van der Waals surface area contributed by atoms with Gasteiger partial charge in [-0.15, -0.1) is 0 Å². The minimum Gasteiger partial charge on any atom is -0.495 e. The molecule has 1 aliphatic rings. The van der Waals surface area contributed by atoms with Crippen LogP contribution in [0.1, 0.15) is 32.9 Å². The quantitative estimate of drug-likeness (QED) is 0.940. The second-order valence-electron chi connectivity index (χ2n) is 5.50. The van der Waals surface area contributed by atoms with Gasteiger partial charge in [-0.3, -0.25) is 9.88 Å². The molecule has 0 fully saturated rings. The monoisotopic (exact) mass is 298 g/mol. The van der Waals surface area contributed by atoms with Crippen molar-refractivity contribution in [2.75, 3.05) is 7.11 Å². The Balaban J connectivity index is 1.84. The van der Waals surface area contributed by atoms with Crippen molar-refractivity contribution >= 4 is 5.97 Å². The highest BCUT2D eigenvalue weighted by atomic mass is 16.5. The fourth-order valence-electron chi connectivity index (χ4n) is 2.91. The molecule has 0 amide bonds. The summed E-state index contributed by atoms with van der Waals surface area (Å²) < 4.78 is 5.37. The average Bonchev–Trinajstić information content (AvgIpc) is 2.89. The fraction of sp³-hybridized carbons (Fsp3) is 0.294. The maximum Gasteiger partial charge on any atom is 0.336 e. The van der Waals surface area contributed by atoms with Crippen LogP contribution < -0.4 is 4.74 Å². The third-order valence-electron chi connectivity index (χ3n) is 3.94. The van der Waals surface area contributed by atoms with Crippen LogP contribution in [0.15, 0.2) is 30.3 Å². The lowest BCUT2D eigenvalue weighted by molar-refractivity contribution is 0.0695. The van der Waals surface area contributed by atoms with Crippen molar-refractivity contribution in [2.45, 2.75) is 26.6 Å². The molecule has 2 aromatic rings. The van der Waals surface area contributed by atoms with Crippen molar-refractivity contribution in [1.82, 2.24) is 9.88 Å². The Morgan fingerprint density at radius 1 is 1.32 bits per heavy atom. The van der Waals surface area contributed by atoms with E-state index in [1.165, 1.54) is 0 Å². The highest BCUT2D eigenvalue weighted by Crippen LogP contribution is 2.28. The molecule has 0 unspecified atom stereocenters. The highest BCUT2D eigenvalue weighted by Gasteiger charge is 2.25. The Hall–Kier alpha value is -2.40. The second-order valence-corrected chi connectivity index (χ2v) is 5.50. The average molecular weight is 298 g/mol. The van der Waals surface area contributed by atoms with Gasteiger partial charge in [-0.1, -0.05) is 12.1 Å². The molecule has 0 saturated heterocycles. The normalized spacial score (nSPS) is 13.9. The number of carboxylic acid groups (broad SMARTS) is 1. The van der Waals surface area contributed by atoms with Crippen molar-refractivity contribution < 1.29 is 14.6 Å². The number of hydrogen-bond acceptors (Lipinski definition) is 4. The molecule has 0 saturated carbocycles. The number of aromatic carboxylic acids is 1. The van der Waals surface area contributed by atoms with E-state index in [0.717, 1.165) is 34.8 Å². The Morgan fingerprint density at radius 3 is 2.86 bits per heavy atom. The first-order valence-corrected chi connectivity index (χ1v) is 7.15. The van der Waals surface area contributed by atoms with Crippen molar-refractivity contribution in [2.24, 2.45) is 0 Å². The summed E-state index contributed by atoms with van der Waals surface area (Å²) in [5.41, 5.74) is 4.20. The lowest BCUT2D eigenvalue weighted by atomic mass is 10.0. The summed E-state index contributed by atoms with van der Waals surface area (Å²) in [5, 5.41) is 9.29. The number of pyridine rings is 1. The van der Waals surface area contributed by atoms with Gasteiger partial charge in [0.05, 0.1) is 18.4 Å². The molecule has 1 N–H and O–H groups in total.